The van der Waals surface area contributed by atoms with Crippen LogP contribution in [0.1, 0.15) is 25.5 Å². The molecule has 0 radical (unpaired) electrons. The number of aromatic nitrogens is 2. The summed E-state index contributed by atoms with van der Waals surface area (Å²) in [6.45, 7) is 4.91. The van der Waals surface area contributed by atoms with Crippen molar-refractivity contribution in [1.82, 2.24) is 14.9 Å². The van der Waals surface area contributed by atoms with Crippen LogP contribution < -0.4 is 10.6 Å². The summed E-state index contributed by atoms with van der Waals surface area (Å²) < 4.78 is 2.06. The number of amides is 1. The Balaban J connectivity index is 1.92. The maximum absolute atomic E-state index is 10.8. The van der Waals surface area contributed by atoms with Crippen molar-refractivity contribution in [3.63, 3.8) is 0 Å². The number of imidazole rings is 1. The zero-order valence-electron chi connectivity index (χ0n) is 9.79. The van der Waals surface area contributed by atoms with Gasteiger partial charge in [-0.1, -0.05) is 0 Å². The zero-order chi connectivity index (χ0) is 11.5. The molecule has 1 saturated carbocycles. The summed E-state index contributed by atoms with van der Waals surface area (Å²) in [5, 5.41) is 6.17. The molecule has 0 saturated heterocycles. The van der Waals surface area contributed by atoms with E-state index in [0.717, 1.165) is 18.2 Å². The Hall–Kier alpha value is -1.52. The lowest BCUT2D eigenvalue weighted by atomic mass is 10.5. The van der Waals surface area contributed by atoms with Gasteiger partial charge in [0, 0.05) is 32.3 Å². The molecule has 5 heteroatoms. The summed E-state index contributed by atoms with van der Waals surface area (Å²) in [7, 11) is 0. The van der Waals surface area contributed by atoms with Crippen LogP contribution in [0.3, 0.4) is 0 Å². The van der Waals surface area contributed by atoms with Crippen molar-refractivity contribution < 1.29 is 4.79 Å². The van der Waals surface area contributed by atoms with Crippen molar-refractivity contribution in [2.45, 2.75) is 39.3 Å². The molecule has 1 heterocycles. The Kier molecular flexibility index (Phi) is 3.12. The van der Waals surface area contributed by atoms with Crippen LogP contribution in [0.2, 0.25) is 0 Å². The van der Waals surface area contributed by atoms with E-state index in [2.05, 4.69) is 20.2 Å². The highest BCUT2D eigenvalue weighted by atomic mass is 16.1. The number of hydrogen-bond acceptors (Lipinski definition) is 3. The van der Waals surface area contributed by atoms with Crippen LogP contribution >= 0.6 is 0 Å². The van der Waals surface area contributed by atoms with Gasteiger partial charge in [-0.25, -0.2) is 4.98 Å². The van der Waals surface area contributed by atoms with Gasteiger partial charge in [0.2, 0.25) is 11.9 Å². The maximum Gasteiger partial charge on any atom is 0.216 e. The Morgan fingerprint density at radius 2 is 2.38 bits per heavy atom. The summed E-state index contributed by atoms with van der Waals surface area (Å²) in [6.07, 6.45) is 4.47. The predicted octanol–water partition coefficient (Wildman–Crippen LogP) is 0.902. The monoisotopic (exact) mass is 222 g/mol. The van der Waals surface area contributed by atoms with Crippen LogP contribution in [0, 0.1) is 6.92 Å². The lowest BCUT2D eigenvalue weighted by molar-refractivity contribution is -0.118. The minimum Gasteiger partial charge on any atom is -0.355 e. The van der Waals surface area contributed by atoms with E-state index in [4.69, 9.17) is 0 Å². The summed E-state index contributed by atoms with van der Waals surface area (Å²) >= 11 is 0. The lowest BCUT2D eigenvalue weighted by Crippen LogP contribution is -2.24. The average Bonchev–Trinajstić information content (AvgIpc) is 2.92. The second kappa shape index (κ2) is 4.55. The molecule has 0 atom stereocenters. The summed E-state index contributed by atoms with van der Waals surface area (Å²) in [6, 6.07) is 0.598. The zero-order valence-corrected chi connectivity index (χ0v) is 9.79. The molecule has 1 aliphatic carbocycles. The first-order chi connectivity index (χ1) is 7.65. The summed E-state index contributed by atoms with van der Waals surface area (Å²) in [5.74, 6) is 0.930. The third-order valence-electron chi connectivity index (χ3n) is 2.53. The fraction of sp³-hybridized carbons (Fsp3) is 0.636. The van der Waals surface area contributed by atoms with E-state index in [9.17, 15) is 4.79 Å². The molecule has 0 spiro atoms. The number of anilines is 1. The topological polar surface area (TPSA) is 59.0 Å². The number of nitrogens with one attached hydrogen (secondary N) is 2. The van der Waals surface area contributed by atoms with Crippen molar-refractivity contribution in [2.24, 2.45) is 0 Å². The van der Waals surface area contributed by atoms with E-state index in [1.807, 2.05) is 13.1 Å². The van der Waals surface area contributed by atoms with Crippen LogP contribution in [0.5, 0.6) is 0 Å². The third kappa shape index (κ3) is 2.98. The smallest absolute Gasteiger partial charge is 0.216 e. The maximum atomic E-state index is 10.8. The average molecular weight is 222 g/mol. The predicted molar refractivity (Wildman–Crippen MR) is 62.3 cm³/mol. The van der Waals surface area contributed by atoms with Gasteiger partial charge in [-0.15, -0.1) is 0 Å². The Bertz CT molecular complexity index is 381. The molecule has 88 valence electrons. The Labute approximate surface area is 95.2 Å². The molecule has 1 amide bonds. The molecule has 1 fully saturated rings. The highest BCUT2D eigenvalue weighted by Gasteiger charge is 2.22. The second-order valence-corrected chi connectivity index (χ2v) is 4.30. The van der Waals surface area contributed by atoms with Gasteiger partial charge < -0.3 is 15.2 Å². The molecule has 0 bridgehead atoms. The highest BCUT2D eigenvalue weighted by molar-refractivity contribution is 5.72. The fourth-order valence-corrected chi connectivity index (χ4v) is 1.60. The van der Waals surface area contributed by atoms with Crippen LogP contribution in [0.4, 0.5) is 5.95 Å². The standard InChI is InChI=1S/C11H18N4O/c1-8-7-15(6-5-12-9(2)16)11(13-8)14-10-3-4-10/h7,10H,3-6H2,1-2H3,(H,12,16)(H,13,14). The second-order valence-electron chi connectivity index (χ2n) is 4.30. The molecule has 2 rings (SSSR count). The molecule has 1 aromatic rings. The van der Waals surface area contributed by atoms with E-state index in [1.165, 1.54) is 19.8 Å². The largest absolute Gasteiger partial charge is 0.355 e. The molecule has 1 aliphatic rings. The third-order valence-corrected chi connectivity index (χ3v) is 2.53. The van der Waals surface area contributed by atoms with Gasteiger partial charge in [-0.3, -0.25) is 4.79 Å². The van der Waals surface area contributed by atoms with Crippen LogP contribution in [-0.2, 0) is 11.3 Å². The van der Waals surface area contributed by atoms with E-state index in [1.54, 1.807) is 0 Å². The molecule has 2 N–H and O–H groups in total. The molecule has 16 heavy (non-hydrogen) atoms. The van der Waals surface area contributed by atoms with Gasteiger partial charge in [0.05, 0.1) is 5.69 Å². The number of nitrogens with zero attached hydrogens (tertiary/aromatic N) is 2. The lowest BCUT2D eigenvalue weighted by Gasteiger charge is -2.08. The van der Waals surface area contributed by atoms with Gasteiger partial charge in [0.25, 0.3) is 0 Å². The van der Waals surface area contributed by atoms with Crippen molar-refractivity contribution in [3.05, 3.63) is 11.9 Å². The quantitative estimate of drug-likeness (QED) is 0.778. The van der Waals surface area contributed by atoms with E-state index >= 15 is 0 Å². The van der Waals surface area contributed by atoms with Gasteiger partial charge in [-0.05, 0) is 19.8 Å². The first-order valence-electron chi connectivity index (χ1n) is 5.70. The van der Waals surface area contributed by atoms with Crippen molar-refractivity contribution in [2.75, 3.05) is 11.9 Å². The van der Waals surface area contributed by atoms with Crippen molar-refractivity contribution in [1.29, 1.82) is 0 Å². The van der Waals surface area contributed by atoms with Crippen molar-refractivity contribution in [3.8, 4) is 0 Å². The molecule has 5 nitrogen and oxygen atoms in total. The van der Waals surface area contributed by atoms with Gasteiger partial charge in [0.1, 0.15) is 0 Å². The van der Waals surface area contributed by atoms with Crippen LogP contribution in [0.15, 0.2) is 6.20 Å². The molecular weight excluding hydrogens is 204 g/mol. The summed E-state index contributed by atoms with van der Waals surface area (Å²) in [5.41, 5.74) is 1.01. The van der Waals surface area contributed by atoms with Gasteiger partial charge in [0.15, 0.2) is 0 Å². The summed E-state index contributed by atoms with van der Waals surface area (Å²) in [4.78, 5) is 15.2. The van der Waals surface area contributed by atoms with Crippen LogP contribution in [0.25, 0.3) is 0 Å². The first-order valence-corrected chi connectivity index (χ1v) is 5.70. The molecule has 1 aromatic heterocycles. The van der Waals surface area contributed by atoms with E-state index in [0.29, 0.717) is 12.6 Å². The number of rotatable bonds is 5. The van der Waals surface area contributed by atoms with Crippen LogP contribution in [-0.4, -0.2) is 28.0 Å². The Morgan fingerprint density at radius 3 is 3.00 bits per heavy atom. The fourth-order valence-electron chi connectivity index (χ4n) is 1.60. The van der Waals surface area contributed by atoms with E-state index < -0.39 is 0 Å². The Morgan fingerprint density at radius 1 is 1.62 bits per heavy atom. The normalized spacial score (nSPS) is 14.9. The van der Waals surface area contributed by atoms with Gasteiger partial charge in [-0.2, -0.15) is 0 Å². The molecule has 0 aliphatic heterocycles. The molecular formula is C11H18N4O. The minimum atomic E-state index is 0.00791. The SMILES string of the molecule is CC(=O)NCCn1cc(C)nc1NC1CC1. The van der Waals surface area contributed by atoms with Crippen molar-refractivity contribution >= 4 is 11.9 Å². The molecule has 0 unspecified atom stereocenters. The first kappa shape index (κ1) is 11.0. The van der Waals surface area contributed by atoms with E-state index in [-0.39, 0.29) is 5.91 Å². The number of carbonyl (C=O) groups excluding carboxylic acids is 1. The highest BCUT2D eigenvalue weighted by Crippen LogP contribution is 2.24. The minimum absolute atomic E-state index is 0.00791. The van der Waals surface area contributed by atoms with Gasteiger partial charge >= 0.3 is 0 Å². The number of carbonyl (C=O) groups is 1. The number of aryl methyl sites for hydroxylation is 1. The number of hydrogen-bond donors (Lipinski definition) is 2. The molecule has 0 aromatic carbocycles.